The van der Waals surface area contributed by atoms with E-state index in [1.807, 2.05) is 6.08 Å². The molecule has 0 aliphatic heterocycles. The van der Waals surface area contributed by atoms with Gasteiger partial charge in [0.1, 0.15) is 0 Å². The Bertz CT molecular complexity index is 156. The van der Waals surface area contributed by atoms with Crippen LogP contribution >= 0.6 is 0 Å². The third kappa shape index (κ3) is 3.60. The van der Waals surface area contributed by atoms with Gasteiger partial charge in [-0.1, -0.05) is 19.9 Å². The van der Waals surface area contributed by atoms with Crippen molar-refractivity contribution in [3.8, 4) is 0 Å². The normalized spacial score (nSPS) is 13.0. The molecule has 0 aromatic carbocycles. The number of rotatable bonds is 6. The van der Waals surface area contributed by atoms with Gasteiger partial charge in [0.05, 0.1) is 0 Å². The first-order chi connectivity index (χ1) is 5.95. The lowest BCUT2D eigenvalue weighted by atomic mass is 9.97. The van der Waals surface area contributed by atoms with E-state index >= 15 is 0 Å². The molecule has 0 unspecified atom stereocenters. The molecule has 0 heterocycles. The molecule has 0 bridgehead atoms. The second-order valence-electron chi connectivity index (χ2n) is 3.66. The Balaban J connectivity index is 4.50. The zero-order valence-electron chi connectivity index (χ0n) is 9.22. The Labute approximate surface area is 82.1 Å². The van der Waals surface area contributed by atoms with Crippen molar-refractivity contribution in [1.82, 2.24) is 0 Å². The van der Waals surface area contributed by atoms with E-state index < -0.39 is 8.80 Å². The molecule has 0 radical (unpaired) electrons. The molecule has 78 valence electrons. The quantitative estimate of drug-likeness (QED) is 0.490. The third-order valence-corrected chi connectivity index (χ3v) is 5.37. The second kappa shape index (κ2) is 4.90. The smallest absolute Gasteiger partial charge is 0.377 e. The van der Waals surface area contributed by atoms with Gasteiger partial charge >= 0.3 is 8.80 Å². The molecular weight excluding hydrogens is 184 g/mol. The molecule has 0 atom stereocenters. The fraction of sp³-hybridized carbons (Fsp3) is 0.778. The average Bonchev–Trinajstić information content (AvgIpc) is 2.14. The molecule has 0 N–H and O–H groups in total. The van der Waals surface area contributed by atoms with Crippen molar-refractivity contribution in [3.63, 3.8) is 0 Å². The van der Waals surface area contributed by atoms with Gasteiger partial charge in [0.25, 0.3) is 0 Å². The van der Waals surface area contributed by atoms with Crippen molar-refractivity contribution in [3.05, 3.63) is 12.7 Å². The summed E-state index contributed by atoms with van der Waals surface area (Å²) in [4.78, 5) is 0. The van der Waals surface area contributed by atoms with E-state index in [9.17, 15) is 0 Å². The summed E-state index contributed by atoms with van der Waals surface area (Å²) in [5.74, 6) is 0. The summed E-state index contributed by atoms with van der Waals surface area (Å²) in [5.41, 5.74) is -0.0196. The monoisotopic (exact) mass is 204 g/mol. The van der Waals surface area contributed by atoms with Crippen molar-refractivity contribution in [2.24, 2.45) is 5.41 Å². The first kappa shape index (κ1) is 12.8. The number of hydrogen-bond acceptors (Lipinski definition) is 3. The average molecular weight is 204 g/mol. The zero-order valence-corrected chi connectivity index (χ0v) is 10.2. The summed E-state index contributed by atoms with van der Waals surface area (Å²) >= 11 is 0. The lowest BCUT2D eigenvalue weighted by Crippen LogP contribution is -2.45. The van der Waals surface area contributed by atoms with Crippen LogP contribution in [0.3, 0.4) is 0 Å². The zero-order chi connectivity index (χ0) is 10.5. The molecular formula is C9H20O3Si. The SMILES string of the molecule is C=CC(C)(C)C[Si](OC)(OC)OC. The van der Waals surface area contributed by atoms with E-state index in [0.29, 0.717) is 0 Å². The van der Waals surface area contributed by atoms with Gasteiger partial charge in [-0.3, -0.25) is 0 Å². The molecule has 13 heavy (non-hydrogen) atoms. The van der Waals surface area contributed by atoms with Crippen LogP contribution in [0.2, 0.25) is 6.04 Å². The van der Waals surface area contributed by atoms with Crippen LogP contribution in [0.5, 0.6) is 0 Å². The molecule has 0 rings (SSSR count). The first-order valence-corrected chi connectivity index (χ1v) is 6.17. The summed E-state index contributed by atoms with van der Waals surface area (Å²) in [6.07, 6.45) is 1.89. The molecule has 0 fully saturated rings. The minimum Gasteiger partial charge on any atom is -0.377 e. The van der Waals surface area contributed by atoms with Gasteiger partial charge in [-0.25, -0.2) is 0 Å². The third-order valence-electron chi connectivity index (χ3n) is 2.16. The highest BCUT2D eigenvalue weighted by molar-refractivity contribution is 6.60. The maximum Gasteiger partial charge on any atom is 0.501 e. The van der Waals surface area contributed by atoms with Crippen molar-refractivity contribution >= 4 is 8.80 Å². The van der Waals surface area contributed by atoms with Crippen LogP contribution in [0.4, 0.5) is 0 Å². The highest BCUT2D eigenvalue weighted by Gasteiger charge is 2.42. The predicted molar refractivity (Wildman–Crippen MR) is 55.6 cm³/mol. The lowest BCUT2D eigenvalue weighted by molar-refractivity contribution is 0.115. The molecule has 0 aliphatic carbocycles. The highest BCUT2D eigenvalue weighted by Crippen LogP contribution is 2.30. The molecule has 0 aromatic heterocycles. The fourth-order valence-corrected chi connectivity index (χ4v) is 3.29. The Morgan fingerprint density at radius 1 is 1.15 bits per heavy atom. The van der Waals surface area contributed by atoms with Crippen LogP contribution in [0.1, 0.15) is 13.8 Å². The largest absolute Gasteiger partial charge is 0.501 e. The van der Waals surface area contributed by atoms with E-state index in [4.69, 9.17) is 13.3 Å². The van der Waals surface area contributed by atoms with Gasteiger partial charge in [0.2, 0.25) is 0 Å². The summed E-state index contributed by atoms with van der Waals surface area (Å²) in [6.45, 7) is 7.94. The van der Waals surface area contributed by atoms with Crippen molar-refractivity contribution < 1.29 is 13.3 Å². The molecule has 0 spiro atoms. The van der Waals surface area contributed by atoms with Crippen molar-refractivity contribution in [2.45, 2.75) is 19.9 Å². The summed E-state index contributed by atoms with van der Waals surface area (Å²) in [5, 5.41) is 0. The van der Waals surface area contributed by atoms with Crippen molar-refractivity contribution in [2.75, 3.05) is 21.3 Å². The number of allylic oxidation sites excluding steroid dienone is 1. The predicted octanol–water partition coefficient (Wildman–Crippen LogP) is 2.08. The standard InChI is InChI=1S/C9H20O3Si/c1-7-9(2,3)8-13(10-4,11-5)12-6/h7H,1,8H2,2-6H3. The lowest BCUT2D eigenvalue weighted by Gasteiger charge is -2.31. The van der Waals surface area contributed by atoms with Crippen LogP contribution in [0.15, 0.2) is 12.7 Å². The molecule has 0 saturated heterocycles. The molecule has 3 nitrogen and oxygen atoms in total. The maximum absolute atomic E-state index is 5.32. The van der Waals surface area contributed by atoms with E-state index in [2.05, 4.69) is 20.4 Å². The van der Waals surface area contributed by atoms with Crippen LogP contribution in [0, 0.1) is 5.41 Å². The van der Waals surface area contributed by atoms with E-state index in [1.165, 1.54) is 0 Å². The van der Waals surface area contributed by atoms with Gasteiger partial charge in [0.15, 0.2) is 0 Å². The topological polar surface area (TPSA) is 27.7 Å². The number of hydrogen-bond donors (Lipinski definition) is 0. The summed E-state index contributed by atoms with van der Waals surface area (Å²) in [6, 6.07) is 0.743. The maximum atomic E-state index is 5.32. The molecule has 4 heteroatoms. The van der Waals surface area contributed by atoms with Gasteiger partial charge < -0.3 is 13.3 Å². The van der Waals surface area contributed by atoms with Gasteiger partial charge in [-0.15, -0.1) is 6.58 Å². The van der Waals surface area contributed by atoms with Crippen LogP contribution in [-0.4, -0.2) is 30.1 Å². The highest BCUT2D eigenvalue weighted by atomic mass is 28.4. The van der Waals surface area contributed by atoms with E-state index in [-0.39, 0.29) is 5.41 Å². The first-order valence-electron chi connectivity index (χ1n) is 4.24. The Morgan fingerprint density at radius 2 is 1.54 bits per heavy atom. The minimum absolute atomic E-state index is 0.0196. The van der Waals surface area contributed by atoms with Crippen molar-refractivity contribution in [1.29, 1.82) is 0 Å². The second-order valence-corrected chi connectivity index (χ2v) is 6.61. The van der Waals surface area contributed by atoms with Crippen LogP contribution in [-0.2, 0) is 13.3 Å². The molecule has 0 aliphatic rings. The minimum atomic E-state index is -2.45. The fourth-order valence-electron chi connectivity index (χ4n) is 1.10. The molecule has 0 saturated carbocycles. The summed E-state index contributed by atoms with van der Waals surface area (Å²) in [7, 11) is 2.43. The van der Waals surface area contributed by atoms with Crippen LogP contribution < -0.4 is 0 Å². The Kier molecular flexibility index (Phi) is 4.84. The van der Waals surface area contributed by atoms with Crippen LogP contribution in [0.25, 0.3) is 0 Å². The van der Waals surface area contributed by atoms with Gasteiger partial charge in [0, 0.05) is 27.4 Å². The Hall–Kier alpha value is -0.163. The molecule has 0 aromatic rings. The summed E-state index contributed by atoms with van der Waals surface area (Å²) < 4.78 is 16.0. The van der Waals surface area contributed by atoms with Gasteiger partial charge in [-0.2, -0.15) is 0 Å². The van der Waals surface area contributed by atoms with E-state index in [0.717, 1.165) is 6.04 Å². The van der Waals surface area contributed by atoms with Gasteiger partial charge in [-0.05, 0) is 5.41 Å². The Morgan fingerprint density at radius 3 is 1.77 bits per heavy atom. The van der Waals surface area contributed by atoms with E-state index in [1.54, 1.807) is 21.3 Å². The molecule has 0 amide bonds.